The molecule has 0 saturated heterocycles. The molecule has 0 amide bonds. The van der Waals surface area contributed by atoms with Crippen LogP contribution in [0.1, 0.15) is 17.0 Å². The van der Waals surface area contributed by atoms with Crippen molar-refractivity contribution in [2.75, 3.05) is 0 Å². The van der Waals surface area contributed by atoms with E-state index in [-0.39, 0.29) is 12.2 Å². The van der Waals surface area contributed by atoms with E-state index in [9.17, 15) is 4.39 Å². The quantitative estimate of drug-likeness (QED) is 0.718. The van der Waals surface area contributed by atoms with E-state index in [1.807, 2.05) is 31.2 Å². The van der Waals surface area contributed by atoms with E-state index < -0.39 is 0 Å². The Balaban J connectivity index is 1.91. The van der Waals surface area contributed by atoms with Crippen molar-refractivity contribution >= 4 is 11.6 Å². The second-order valence-electron chi connectivity index (χ2n) is 4.71. The first-order valence-corrected chi connectivity index (χ1v) is 6.84. The van der Waals surface area contributed by atoms with Gasteiger partial charge in [-0.15, -0.1) is 0 Å². The van der Waals surface area contributed by atoms with E-state index in [1.165, 1.54) is 6.07 Å². The van der Waals surface area contributed by atoms with Crippen LogP contribution in [0.4, 0.5) is 4.39 Å². The second kappa shape index (κ2) is 5.66. The van der Waals surface area contributed by atoms with Gasteiger partial charge in [-0.05, 0) is 30.7 Å². The number of halogens is 2. The Kier molecular flexibility index (Phi) is 3.71. The first-order valence-electron chi connectivity index (χ1n) is 6.46. The van der Waals surface area contributed by atoms with Crippen LogP contribution in [0.15, 0.2) is 47.0 Å². The SMILES string of the molecule is Cc1ccccc1-c1nc(Cc2c(F)cccc2Cl)no1. The normalized spacial score (nSPS) is 10.8. The van der Waals surface area contributed by atoms with Crippen LogP contribution in [0.2, 0.25) is 5.02 Å². The number of aromatic nitrogens is 2. The van der Waals surface area contributed by atoms with Gasteiger partial charge < -0.3 is 4.52 Å². The third-order valence-corrected chi connectivity index (χ3v) is 3.59. The first-order chi connectivity index (χ1) is 10.1. The van der Waals surface area contributed by atoms with Crippen molar-refractivity contribution in [2.45, 2.75) is 13.3 Å². The van der Waals surface area contributed by atoms with Crippen LogP contribution in [0, 0.1) is 12.7 Å². The highest BCUT2D eigenvalue weighted by Gasteiger charge is 2.14. The van der Waals surface area contributed by atoms with Crippen molar-refractivity contribution in [1.29, 1.82) is 0 Å². The van der Waals surface area contributed by atoms with Crippen LogP contribution < -0.4 is 0 Å². The summed E-state index contributed by atoms with van der Waals surface area (Å²) in [6.07, 6.45) is 0.195. The number of rotatable bonds is 3. The highest BCUT2D eigenvalue weighted by Crippen LogP contribution is 2.24. The Bertz CT molecular complexity index is 765. The van der Waals surface area contributed by atoms with Crippen molar-refractivity contribution in [2.24, 2.45) is 0 Å². The fraction of sp³-hybridized carbons (Fsp3) is 0.125. The topological polar surface area (TPSA) is 38.9 Å². The summed E-state index contributed by atoms with van der Waals surface area (Å²) in [4.78, 5) is 4.32. The summed E-state index contributed by atoms with van der Waals surface area (Å²) in [7, 11) is 0. The summed E-state index contributed by atoms with van der Waals surface area (Å²) >= 11 is 6.00. The molecule has 0 radical (unpaired) electrons. The lowest BCUT2D eigenvalue weighted by atomic mass is 10.1. The lowest BCUT2D eigenvalue weighted by Gasteiger charge is -2.02. The smallest absolute Gasteiger partial charge is 0.258 e. The molecule has 0 aliphatic heterocycles. The van der Waals surface area contributed by atoms with Crippen molar-refractivity contribution in [1.82, 2.24) is 10.1 Å². The Labute approximate surface area is 126 Å². The Morgan fingerprint density at radius 2 is 1.95 bits per heavy atom. The lowest BCUT2D eigenvalue weighted by Crippen LogP contribution is -1.96. The number of aryl methyl sites for hydroxylation is 1. The average molecular weight is 303 g/mol. The molecule has 5 heteroatoms. The average Bonchev–Trinajstić information content (AvgIpc) is 2.92. The fourth-order valence-electron chi connectivity index (χ4n) is 2.11. The fourth-order valence-corrected chi connectivity index (χ4v) is 2.34. The van der Waals surface area contributed by atoms with Gasteiger partial charge in [-0.3, -0.25) is 0 Å². The van der Waals surface area contributed by atoms with Gasteiger partial charge in [-0.2, -0.15) is 4.98 Å². The van der Waals surface area contributed by atoms with Crippen LogP contribution in [0.5, 0.6) is 0 Å². The molecular formula is C16H12ClFN2O. The highest BCUT2D eigenvalue weighted by molar-refractivity contribution is 6.31. The molecule has 106 valence electrons. The Hall–Kier alpha value is -2.20. The third-order valence-electron chi connectivity index (χ3n) is 3.24. The molecule has 0 aliphatic carbocycles. The van der Waals surface area contributed by atoms with Gasteiger partial charge in [-0.1, -0.05) is 41.0 Å². The number of benzene rings is 2. The zero-order valence-electron chi connectivity index (χ0n) is 11.3. The summed E-state index contributed by atoms with van der Waals surface area (Å²) in [5.74, 6) is 0.459. The summed E-state index contributed by atoms with van der Waals surface area (Å²) in [6, 6.07) is 12.3. The summed E-state index contributed by atoms with van der Waals surface area (Å²) in [5.41, 5.74) is 2.28. The molecule has 0 atom stereocenters. The molecule has 0 unspecified atom stereocenters. The van der Waals surface area contributed by atoms with Gasteiger partial charge in [0.25, 0.3) is 5.89 Å². The monoisotopic (exact) mass is 302 g/mol. The maximum Gasteiger partial charge on any atom is 0.258 e. The lowest BCUT2D eigenvalue weighted by molar-refractivity contribution is 0.423. The molecule has 0 fully saturated rings. The van der Waals surface area contributed by atoms with Crippen molar-refractivity contribution in [3.8, 4) is 11.5 Å². The molecule has 1 heterocycles. The second-order valence-corrected chi connectivity index (χ2v) is 5.11. The molecule has 3 nitrogen and oxygen atoms in total. The predicted octanol–water partition coefficient (Wildman–Crippen LogP) is 4.43. The van der Waals surface area contributed by atoms with E-state index in [2.05, 4.69) is 10.1 Å². The van der Waals surface area contributed by atoms with Crippen molar-refractivity contribution in [3.05, 3.63) is 70.3 Å². The Morgan fingerprint density at radius 1 is 1.14 bits per heavy atom. The van der Waals surface area contributed by atoms with Gasteiger partial charge in [0.05, 0.1) is 0 Å². The maximum absolute atomic E-state index is 13.8. The Morgan fingerprint density at radius 3 is 2.71 bits per heavy atom. The van der Waals surface area contributed by atoms with E-state index in [1.54, 1.807) is 12.1 Å². The molecule has 1 aromatic heterocycles. The van der Waals surface area contributed by atoms with E-state index >= 15 is 0 Å². The zero-order valence-corrected chi connectivity index (χ0v) is 12.1. The van der Waals surface area contributed by atoms with E-state index in [0.29, 0.717) is 22.3 Å². The standard InChI is InChI=1S/C16H12ClFN2O/c1-10-5-2-3-6-11(10)16-19-15(20-21-16)9-12-13(17)7-4-8-14(12)18/h2-8H,9H2,1H3. The van der Waals surface area contributed by atoms with Crippen LogP contribution in [0.3, 0.4) is 0 Å². The molecule has 0 spiro atoms. The van der Waals surface area contributed by atoms with Crippen molar-refractivity contribution < 1.29 is 8.91 Å². The van der Waals surface area contributed by atoms with Gasteiger partial charge in [0.2, 0.25) is 0 Å². The highest BCUT2D eigenvalue weighted by atomic mass is 35.5. The minimum Gasteiger partial charge on any atom is -0.334 e. The molecular weight excluding hydrogens is 291 g/mol. The summed E-state index contributed by atoms with van der Waals surface area (Å²) in [5, 5.41) is 4.26. The molecule has 0 bridgehead atoms. The maximum atomic E-state index is 13.8. The molecule has 21 heavy (non-hydrogen) atoms. The van der Waals surface area contributed by atoms with E-state index in [0.717, 1.165) is 11.1 Å². The van der Waals surface area contributed by atoms with Gasteiger partial charge in [-0.25, -0.2) is 4.39 Å². The van der Waals surface area contributed by atoms with Gasteiger partial charge in [0.15, 0.2) is 5.82 Å². The van der Waals surface area contributed by atoms with Gasteiger partial charge in [0, 0.05) is 22.6 Å². The van der Waals surface area contributed by atoms with Crippen molar-refractivity contribution in [3.63, 3.8) is 0 Å². The molecule has 2 aromatic carbocycles. The molecule has 0 N–H and O–H groups in total. The van der Waals surface area contributed by atoms with E-state index in [4.69, 9.17) is 16.1 Å². The minimum absolute atomic E-state index is 0.195. The largest absolute Gasteiger partial charge is 0.334 e. The summed E-state index contributed by atoms with van der Waals surface area (Å²) in [6.45, 7) is 1.97. The third kappa shape index (κ3) is 2.81. The van der Waals surface area contributed by atoms with Crippen LogP contribution in [0.25, 0.3) is 11.5 Å². The zero-order chi connectivity index (χ0) is 14.8. The number of nitrogens with zero attached hydrogens (tertiary/aromatic N) is 2. The first kappa shape index (κ1) is 13.8. The van der Waals surface area contributed by atoms with Gasteiger partial charge >= 0.3 is 0 Å². The van der Waals surface area contributed by atoms with Crippen LogP contribution >= 0.6 is 11.6 Å². The molecule has 0 aliphatic rings. The molecule has 3 aromatic rings. The molecule has 3 rings (SSSR count). The molecule has 0 saturated carbocycles. The van der Waals surface area contributed by atoms with Gasteiger partial charge in [0.1, 0.15) is 5.82 Å². The van der Waals surface area contributed by atoms with Crippen LogP contribution in [-0.2, 0) is 6.42 Å². The number of hydrogen-bond acceptors (Lipinski definition) is 3. The summed E-state index contributed by atoms with van der Waals surface area (Å²) < 4.78 is 19.0. The number of hydrogen-bond donors (Lipinski definition) is 0. The predicted molar refractivity (Wildman–Crippen MR) is 78.7 cm³/mol. The van der Waals surface area contributed by atoms with Crippen LogP contribution in [-0.4, -0.2) is 10.1 Å². The minimum atomic E-state index is -0.371.